The third-order valence-electron chi connectivity index (χ3n) is 11.5. The van der Waals surface area contributed by atoms with Gasteiger partial charge < -0.3 is 38.5 Å². The first-order valence-electron chi connectivity index (χ1n) is 21.1. The Morgan fingerprint density at radius 1 is 0.706 bits per heavy atom. The number of H-pyrrole nitrogens is 3. The van der Waals surface area contributed by atoms with Crippen LogP contribution in [0.3, 0.4) is 0 Å². The van der Waals surface area contributed by atoms with Gasteiger partial charge in [0.05, 0.1) is 11.8 Å². The summed E-state index contributed by atoms with van der Waals surface area (Å²) >= 11 is 0. The maximum absolute atomic E-state index is 14.6. The summed E-state index contributed by atoms with van der Waals surface area (Å²) in [4.78, 5) is 62.7. The Morgan fingerprint density at radius 2 is 1.26 bits per heavy atom. The van der Waals surface area contributed by atoms with Gasteiger partial charge in [-0.05, 0) is 60.7 Å². The van der Waals surface area contributed by atoms with Crippen LogP contribution in [0.5, 0.6) is 23.0 Å². The van der Waals surface area contributed by atoms with Crippen LogP contribution < -0.4 is 30.5 Å². The summed E-state index contributed by atoms with van der Waals surface area (Å²) in [5, 5.41) is 3.88. The van der Waals surface area contributed by atoms with Crippen molar-refractivity contribution in [1.29, 1.82) is 0 Å². The Hall–Kier alpha value is -8.74. The number of nitrogens with one attached hydrogen (secondary N) is 4. The first kappa shape index (κ1) is 44.5. The molecule has 0 fully saturated rings. The molecule has 0 radical (unpaired) electrons. The van der Waals surface area contributed by atoms with E-state index in [9.17, 15) is 36.7 Å². The number of aryl methyl sites for hydroxylation is 2. The van der Waals surface area contributed by atoms with Crippen molar-refractivity contribution >= 4 is 55.6 Å². The number of carbonyl (C=O) groups is 2. The maximum atomic E-state index is 14.6. The second kappa shape index (κ2) is 17.9. The van der Waals surface area contributed by atoms with Gasteiger partial charge in [0.25, 0.3) is 11.1 Å². The molecule has 1 amide bonds. The van der Waals surface area contributed by atoms with Crippen LogP contribution in [0.25, 0.3) is 66.1 Å². The summed E-state index contributed by atoms with van der Waals surface area (Å²) in [7, 11) is 4.79. The average Bonchev–Trinajstić information content (AvgIpc) is 4.16. The van der Waals surface area contributed by atoms with Crippen LogP contribution in [0.1, 0.15) is 13.3 Å². The van der Waals surface area contributed by atoms with E-state index in [0.717, 1.165) is 24.3 Å². The van der Waals surface area contributed by atoms with Gasteiger partial charge in [-0.2, -0.15) is 0 Å². The monoisotopic (exact) mass is 926 g/mol. The van der Waals surface area contributed by atoms with E-state index >= 15 is 0 Å². The van der Waals surface area contributed by atoms with Crippen LogP contribution in [-0.2, 0) is 36.8 Å². The molecule has 4 aromatic carbocycles. The largest absolute Gasteiger partial charge is 0.451 e. The molecular formula is C49H40F4N9O6+. The van der Waals surface area contributed by atoms with Gasteiger partial charge in [0, 0.05) is 97.5 Å². The minimum absolute atomic E-state index is 0.0500. The van der Waals surface area contributed by atoms with E-state index in [4.69, 9.17) is 9.47 Å². The second-order valence-corrected chi connectivity index (χ2v) is 15.8. The number of amides is 1. The van der Waals surface area contributed by atoms with Crippen molar-refractivity contribution in [2.24, 2.45) is 14.1 Å². The molecular weight excluding hydrogens is 887 g/mol. The van der Waals surface area contributed by atoms with Gasteiger partial charge in [-0.15, -0.1) is 0 Å². The van der Waals surface area contributed by atoms with Gasteiger partial charge >= 0.3 is 0 Å². The fourth-order valence-corrected chi connectivity index (χ4v) is 8.02. The molecule has 0 aliphatic rings. The number of hydrogen-bond acceptors (Lipinski definition) is 7. The smallest absolute Gasteiger partial charge is 0.274 e. The lowest BCUT2D eigenvalue weighted by molar-refractivity contribution is -0.658. The fraction of sp³-hybridized carbons (Fsp3) is 0.143. The fourth-order valence-electron chi connectivity index (χ4n) is 8.02. The zero-order valence-electron chi connectivity index (χ0n) is 36.7. The minimum Gasteiger partial charge on any atom is -0.451 e. The Balaban J connectivity index is 0.000000170. The van der Waals surface area contributed by atoms with Crippen molar-refractivity contribution in [2.45, 2.75) is 26.4 Å². The molecule has 0 aliphatic heterocycles. The van der Waals surface area contributed by atoms with Gasteiger partial charge in [0.15, 0.2) is 45.9 Å². The van der Waals surface area contributed by atoms with E-state index in [-0.39, 0.29) is 58.9 Å². The highest BCUT2D eigenvalue weighted by atomic mass is 19.1. The van der Waals surface area contributed by atoms with Crippen molar-refractivity contribution in [1.82, 2.24) is 39.0 Å². The van der Waals surface area contributed by atoms with Crippen molar-refractivity contribution in [3.63, 3.8) is 0 Å². The minimum atomic E-state index is -0.882. The summed E-state index contributed by atoms with van der Waals surface area (Å²) in [6.07, 6.45) is 10.2. The molecule has 15 nitrogen and oxygen atoms in total. The van der Waals surface area contributed by atoms with E-state index < -0.39 is 23.3 Å². The molecule has 0 spiro atoms. The molecule has 6 heterocycles. The highest BCUT2D eigenvalue weighted by Crippen LogP contribution is 2.43. The summed E-state index contributed by atoms with van der Waals surface area (Å²) < 4.78 is 74.4. The lowest BCUT2D eigenvalue weighted by atomic mass is 10.0. The lowest BCUT2D eigenvalue weighted by Crippen LogP contribution is -2.36. The number of Topliss-reactive ketones (excluding diaryl/α,β-unsaturated/α-hetero) is 1. The number of benzene rings is 4. The normalized spacial score (nSPS) is 11.4. The third-order valence-corrected chi connectivity index (χ3v) is 11.5. The summed E-state index contributed by atoms with van der Waals surface area (Å²) in [5.41, 5.74) is 5.06. The molecule has 10 rings (SSSR count). The Labute approximate surface area is 381 Å². The number of ketones is 1. The van der Waals surface area contributed by atoms with Crippen LogP contribution >= 0.6 is 0 Å². The number of aromatic amines is 3. The van der Waals surface area contributed by atoms with Crippen molar-refractivity contribution in [3.05, 3.63) is 154 Å². The molecule has 0 saturated carbocycles. The number of ether oxygens (including phenoxy) is 2. The van der Waals surface area contributed by atoms with Gasteiger partial charge in [0.1, 0.15) is 41.3 Å². The highest BCUT2D eigenvalue weighted by Gasteiger charge is 2.25. The maximum Gasteiger partial charge on any atom is 0.274 e. The molecule has 68 heavy (non-hydrogen) atoms. The Morgan fingerprint density at radius 3 is 1.82 bits per heavy atom. The molecule has 0 saturated heterocycles. The number of fused-ring (bicyclic) bond motifs is 4. The standard InChI is InChI=1S/C25H20F2N4O3.C24H19F2N5O3/c1-3-15(32)11-31-13-29-23-20(31)6-5-17(24(23)34-21-7-4-14(26)10-19(21)27)18-12-30(2)25(33)22-16(18)8-9-28-22;1-27-20(32)11-31-12-29-18-5-4-15(16-10-30(2)24(33)21-14(16)7-8-28-21)23(22(18)31)34-19-6-3-13(25)9-17(19)26/h4-10,12-13H,3,11H2,1-2H3,(H,28,33);3-10,12,28H,11H2,1-2H3,(H,27,32)/p+1. The molecule has 344 valence electrons. The Bertz CT molecular complexity index is 3750. The molecule has 0 bridgehead atoms. The van der Waals surface area contributed by atoms with Crippen LogP contribution in [0.4, 0.5) is 17.6 Å². The predicted octanol–water partition coefficient (Wildman–Crippen LogP) is 8.05. The average molecular weight is 927 g/mol. The summed E-state index contributed by atoms with van der Waals surface area (Å²) in [6.45, 7) is 1.91. The first-order chi connectivity index (χ1) is 32.7. The molecule has 10 aromatic rings. The Kier molecular flexibility index (Phi) is 11.7. The molecule has 0 aliphatic carbocycles. The van der Waals surface area contributed by atoms with E-state index in [1.807, 2.05) is 6.07 Å². The van der Waals surface area contributed by atoms with Crippen molar-refractivity contribution in [2.75, 3.05) is 7.05 Å². The lowest BCUT2D eigenvalue weighted by Gasteiger charge is -2.16. The number of likely N-dealkylation sites (N-methyl/N-ethyl adjacent to an activating group) is 1. The zero-order chi connectivity index (χ0) is 48.0. The van der Waals surface area contributed by atoms with Gasteiger partial charge in [0.2, 0.25) is 17.8 Å². The highest BCUT2D eigenvalue weighted by molar-refractivity contribution is 6.01. The quantitative estimate of drug-likeness (QED) is 0.0749. The van der Waals surface area contributed by atoms with Crippen LogP contribution in [0.2, 0.25) is 0 Å². The number of hydrogen-bond donors (Lipinski definition) is 4. The number of nitrogens with zero attached hydrogens (tertiary/aromatic N) is 5. The van der Waals surface area contributed by atoms with E-state index in [2.05, 4.69) is 25.3 Å². The van der Waals surface area contributed by atoms with Gasteiger partial charge in [-0.3, -0.25) is 19.2 Å². The molecule has 4 N–H and O–H groups in total. The number of imidazole rings is 2. The molecule has 0 unspecified atom stereocenters. The topological polar surface area (TPSA) is 178 Å². The number of aromatic nitrogens is 8. The summed E-state index contributed by atoms with van der Waals surface area (Å²) in [6, 6.07) is 16.8. The molecule has 6 aromatic heterocycles. The number of halogens is 4. The predicted molar refractivity (Wildman–Crippen MR) is 246 cm³/mol. The zero-order valence-corrected chi connectivity index (χ0v) is 36.7. The first-order valence-corrected chi connectivity index (χ1v) is 21.1. The SMILES string of the molecule is CCC(=O)C[n+]1c[nH]c2c(Oc3ccc(F)cc3F)c(-c3cn(C)c(=O)c4[nH]ccc34)ccc21.CNC(=O)Cn1cnc2ccc(-c3cn(C)c(=O)c4[nH]ccc34)c(Oc3ccc(F)cc3F)c21. The van der Waals surface area contributed by atoms with Crippen molar-refractivity contribution in [3.8, 4) is 45.3 Å². The number of carbonyl (C=O) groups excluding carboxylic acids is 2. The van der Waals surface area contributed by atoms with E-state index in [1.165, 1.54) is 34.6 Å². The van der Waals surface area contributed by atoms with E-state index in [1.54, 1.807) is 91.6 Å². The third kappa shape index (κ3) is 8.14. The number of rotatable bonds is 11. The van der Waals surface area contributed by atoms with Crippen LogP contribution in [0.15, 0.2) is 120 Å². The van der Waals surface area contributed by atoms with Crippen LogP contribution in [0, 0.1) is 23.3 Å². The van der Waals surface area contributed by atoms with Gasteiger partial charge in [-0.1, -0.05) is 6.92 Å². The summed E-state index contributed by atoms with van der Waals surface area (Å²) in [5.74, 6) is -3.26. The molecule has 19 heteroatoms. The van der Waals surface area contributed by atoms with Crippen molar-refractivity contribution < 1.29 is 41.2 Å². The van der Waals surface area contributed by atoms with E-state index in [0.29, 0.717) is 72.5 Å². The van der Waals surface area contributed by atoms with Crippen LogP contribution in [-0.4, -0.2) is 52.4 Å². The second-order valence-electron chi connectivity index (χ2n) is 15.8. The number of pyridine rings is 2. The molecule has 0 atom stereocenters. The van der Waals surface area contributed by atoms with Gasteiger partial charge in [-0.25, -0.2) is 32.1 Å².